The van der Waals surface area contributed by atoms with Crippen LogP contribution in [0.5, 0.6) is 0 Å². The van der Waals surface area contributed by atoms with Gasteiger partial charge in [0, 0.05) is 42.5 Å². The van der Waals surface area contributed by atoms with E-state index in [2.05, 4.69) is 10.3 Å². The van der Waals surface area contributed by atoms with Crippen molar-refractivity contribution in [1.82, 2.24) is 19.7 Å². The number of rotatable bonds is 11. The highest BCUT2D eigenvalue weighted by atomic mass is 19.4. The first-order valence-electron chi connectivity index (χ1n) is 14.2. The van der Waals surface area contributed by atoms with Gasteiger partial charge in [-0.2, -0.15) is 18.3 Å². The minimum atomic E-state index is -4.52. The SMILES string of the molecule is NC(=O)C(CCC=O)N1C(=O)c2ccc(NC[C@H]3C[C@H](n4cc(-c5ncccc5C(F)(F)F)c(C5CC5)n4)C3)cc2C1=O. The third-order valence-electron chi connectivity index (χ3n) is 8.39. The van der Waals surface area contributed by atoms with Crippen LogP contribution in [-0.4, -0.2) is 56.3 Å². The molecule has 2 aliphatic carbocycles. The van der Waals surface area contributed by atoms with Gasteiger partial charge in [-0.3, -0.25) is 28.9 Å². The molecule has 1 aliphatic heterocycles. The topological polar surface area (TPSA) is 140 Å². The molecule has 10 nitrogen and oxygen atoms in total. The zero-order valence-corrected chi connectivity index (χ0v) is 23.0. The monoisotopic (exact) mass is 594 g/mol. The van der Waals surface area contributed by atoms with E-state index in [1.54, 1.807) is 23.0 Å². The van der Waals surface area contributed by atoms with Gasteiger partial charge in [0.25, 0.3) is 11.8 Å². The number of aromatic nitrogens is 3. The Kier molecular flexibility index (Phi) is 7.26. The molecule has 0 spiro atoms. The Bertz CT molecular complexity index is 1610. The Morgan fingerprint density at radius 2 is 1.86 bits per heavy atom. The smallest absolute Gasteiger partial charge is 0.385 e. The van der Waals surface area contributed by atoms with Crippen molar-refractivity contribution in [1.29, 1.82) is 0 Å². The van der Waals surface area contributed by atoms with Gasteiger partial charge in [-0.1, -0.05) is 0 Å². The van der Waals surface area contributed by atoms with Crippen molar-refractivity contribution in [2.24, 2.45) is 11.7 Å². The fourth-order valence-corrected chi connectivity index (χ4v) is 5.90. The van der Waals surface area contributed by atoms with Crippen LogP contribution in [0, 0.1) is 5.92 Å². The van der Waals surface area contributed by atoms with Gasteiger partial charge in [-0.25, -0.2) is 0 Å². The first kappa shape index (κ1) is 28.6. The number of alkyl halides is 3. The summed E-state index contributed by atoms with van der Waals surface area (Å²) in [6.07, 6.45) is 2.40. The number of pyridine rings is 1. The molecule has 1 atom stereocenters. The van der Waals surface area contributed by atoms with E-state index in [9.17, 15) is 32.3 Å². The van der Waals surface area contributed by atoms with Crippen LogP contribution < -0.4 is 11.1 Å². The number of benzene rings is 1. The first-order chi connectivity index (χ1) is 20.6. The van der Waals surface area contributed by atoms with Gasteiger partial charge in [0.1, 0.15) is 12.3 Å². The molecule has 224 valence electrons. The van der Waals surface area contributed by atoms with Gasteiger partial charge in [0.2, 0.25) is 5.91 Å². The third kappa shape index (κ3) is 5.39. The molecule has 3 aliphatic rings. The molecule has 2 saturated carbocycles. The van der Waals surface area contributed by atoms with Crippen LogP contribution in [0.2, 0.25) is 0 Å². The van der Waals surface area contributed by atoms with E-state index >= 15 is 0 Å². The summed E-state index contributed by atoms with van der Waals surface area (Å²) < 4.78 is 42.9. The number of nitrogens with one attached hydrogen (secondary N) is 1. The molecule has 0 saturated heterocycles. The highest BCUT2D eigenvalue weighted by Crippen LogP contribution is 2.47. The lowest BCUT2D eigenvalue weighted by Crippen LogP contribution is -2.47. The lowest BCUT2D eigenvalue weighted by molar-refractivity contribution is -0.137. The predicted molar refractivity (Wildman–Crippen MR) is 148 cm³/mol. The first-order valence-corrected chi connectivity index (χ1v) is 14.2. The number of aldehydes is 1. The lowest BCUT2D eigenvalue weighted by atomic mass is 9.80. The Morgan fingerprint density at radius 1 is 1.12 bits per heavy atom. The number of nitrogens with two attached hydrogens (primary N) is 1. The van der Waals surface area contributed by atoms with Crippen molar-refractivity contribution < 1.29 is 32.3 Å². The fourth-order valence-electron chi connectivity index (χ4n) is 5.90. The molecule has 0 bridgehead atoms. The number of anilines is 1. The lowest BCUT2D eigenvalue weighted by Gasteiger charge is -2.35. The fraction of sp³-hybridized carbons (Fsp3) is 0.400. The zero-order valence-electron chi connectivity index (χ0n) is 23.0. The van der Waals surface area contributed by atoms with Gasteiger partial charge in [0.15, 0.2) is 0 Å². The van der Waals surface area contributed by atoms with Crippen LogP contribution in [0.4, 0.5) is 18.9 Å². The van der Waals surface area contributed by atoms with E-state index in [0.717, 1.165) is 36.6 Å². The van der Waals surface area contributed by atoms with Crippen molar-refractivity contribution in [3.63, 3.8) is 0 Å². The van der Waals surface area contributed by atoms with Crippen LogP contribution in [0.3, 0.4) is 0 Å². The zero-order chi connectivity index (χ0) is 30.5. The van der Waals surface area contributed by atoms with Gasteiger partial charge in [0.05, 0.1) is 34.1 Å². The van der Waals surface area contributed by atoms with Crippen LogP contribution in [0.25, 0.3) is 11.3 Å². The molecule has 0 radical (unpaired) electrons. The second-order valence-corrected chi connectivity index (χ2v) is 11.4. The summed E-state index contributed by atoms with van der Waals surface area (Å²) in [7, 11) is 0. The number of hydrogen-bond acceptors (Lipinski definition) is 7. The standard InChI is InChI=1S/C30H29F3N6O4/c31-30(32,33)23-3-1-9-35-26(23)22-15-38(37-25(22)17-5-6-17)19-11-16(12-19)14-36-18-7-8-20-21(13-18)29(43)39(28(20)42)24(27(34)41)4-2-10-40/h1,3,7-10,13,15-17,19,24,36H,2,4-6,11-12,14H2,(H2,34,41)/t16-,19-,24?. The average Bonchev–Trinajstić information content (AvgIpc) is 3.66. The number of amides is 3. The molecule has 1 unspecified atom stereocenters. The largest absolute Gasteiger partial charge is 0.418 e. The molecular formula is C30H29F3N6O4. The second-order valence-electron chi connectivity index (χ2n) is 11.4. The quantitative estimate of drug-likeness (QED) is 0.249. The molecule has 3 aromatic rings. The van der Waals surface area contributed by atoms with Crippen molar-refractivity contribution in [3.8, 4) is 11.3 Å². The van der Waals surface area contributed by atoms with E-state index in [1.807, 2.05) is 0 Å². The summed E-state index contributed by atoms with van der Waals surface area (Å²) in [4.78, 5) is 53.5. The molecule has 3 N–H and O–H groups in total. The summed E-state index contributed by atoms with van der Waals surface area (Å²) in [6, 6.07) is 5.94. The Balaban J connectivity index is 1.11. The molecule has 1 aromatic carbocycles. The van der Waals surface area contributed by atoms with Crippen LogP contribution >= 0.6 is 0 Å². The van der Waals surface area contributed by atoms with Crippen molar-refractivity contribution in [2.45, 2.75) is 62.7 Å². The van der Waals surface area contributed by atoms with E-state index in [4.69, 9.17) is 10.8 Å². The van der Waals surface area contributed by atoms with Crippen LogP contribution in [0.15, 0.2) is 42.7 Å². The number of primary amides is 1. The number of imide groups is 1. The maximum atomic E-state index is 13.7. The van der Waals surface area contributed by atoms with Gasteiger partial charge >= 0.3 is 6.18 Å². The second kappa shape index (κ2) is 10.9. The van der Waals surface area contributed by atoms with Crippen molar-refractivity contribution in [2.75, 3.05) is 11.9 Å². The number of hydrogen-bond donors (Lipinski definition) is 2. The Labute approximate surface area is 244 Å². The van der Waals surface area contributed by atoms with Crippen LogP contribution in [0.1, 0.15) is 82.5 Å². The summed E-state index contributed by atoms with van der Waals surface area (Å²) in [5.74, 6) is -1.72. The summed E-state index contributed by atoms with van der Waals surface area (Å²) >= 11 is 0. The molecule has 2 aromatic heterocycles. The highest BCUT2D eigenvalue weighted by Gasteiger charge is 2.42. The number of nitrogens with zero attached hydrogens (tertiary/aromatic N) is 4. The minimum absolute atomic E-state index is 0.0182. The summed E-state index contributed by atoms with van der Waals surface area (Å²) in [5.41, 5.74) is 6.61. The van der Waals surface area contributed by atoms with E-state index in [1.165, 1.54) is 18.3 Å². The average molecular weight is 595 g/mol. The predicted octanol–water partition coefficient (Wildman–Crippen LogP) is 4.33. The molecule has 43 heavy (non-hydrogen) atoms. The molecule has 13 heteroatoms. The van der Waals surface area contributed by atoms with E-state index in [-0.39, 0.29) is 47.5 Å². The van der Waals surface area contributed by atoms with E-state index < -0.39 is 35.5 Å². The molecule has 6 rings (SSSR count). The van der Waals surface area contributed by atoms with E-state index in [0.29, 0.717) is 29.8 Å². The Morgan fingerprint density at radius 3 is 2.53 bits per heavy atom. The van der Waals surface area contributed by atoms with Gasteiger partial charge in [-0.05, 0) is 68.4 Å². The number of fused-ring (bicyclic) bond motifs is 1. The molecule has 3 amide bonds. The minimum Gasteiger partial charge on any atom is -0.385 e. The number of carbonyl (C=O) groups excluding carboxylic acids is 4. The maximum absolute atomic E-state index is 13.7. The summed E-state index contributed by atoms with van der Waals surface area (Å²) in [5, 5.41) is 8.01. The van der Waals surface area contributed by atoms with Crippen LogP contribution in [-0.2, 0) is 15.8 Å². The van der Waals surface area contributed by atoms with Crippen molar-refractivity contribution >= 4 is 29.7 Å². The molecule has 2 fully saturated rings. The van der Waals surface area contributed by atoms with Gasteiger partial charge in [-0.15, -0.1) is 0 Å². The normalized spacial score (nSPS) is 20.5. The van der Waals surface area contributed by atoms with Crippen molar-refractivity contribution in [3.05, 3.63) is 65.1 Å². The summed E-state index contributed by atoms with van der Waals surface area (Å²) in [6.45, 7) is 0.576. The number of carbonyl (C=O) groups is 4. The Hall–Kier alpha value is -4.55. The highest BCUT2D eigenvalue weighted by molar-refractivity contribution is 6.23. The molecule has 3 heterocycles. The molecular weight excluding hydrogens is 565 g/mol. The maximum Gasteiger partial charge on any atom is 0.418 e. The third-order valence-corrected chi connectivity index (χ3v) is 8.39. The van der Waals surface area contributed by atoms with Gasteiger partial charge < -0.3 is 15.8 Å². The number of halogens is 3.